The van der Waals surface area contributed by atoms with Crippen molar-refractivity contribution in [2.24, 2.45) is 7.05 Å². The first kappa shape index (κ1) is 24.9. The molecule has 0 atom stereocenters. The average molecular weight is 558 g/mol. The monoisotopic (exact) mass is 557 g/mol. The van der Waals surface area contributed by atoms with E-state index >= 15 is 0 Å². The maximum absolute atomic E-state index is 13.0. The molecule has 4 rings (SSSR count). The molecule has 0 unspecified atom stereocenters. The number of nitrogens with zero attached hydrogens (tertiary/aromatic N) is 4. The van der Waals surface area contributed by atoms with Crippen LogP contribution in [0.3, 0.4) is 0 Å². The lowest BCUT2D eigenvalue weighted by Gasteiger charge is -2.15. The van der Waals surface area contributed by atoms with Crippen molar-refractivity contribution in [2.45, 2.75) is 6.18 Å². The molecule has 3 N–H and O–H groups in total. The Balaban J connectivity index is 1.73. The van der Waals surface area contributed by atoms with E-state index in [1.165, 1.54) is 18.3 Å². The molecule has 1 amide bonds. The van der Waals surface area contributed by atoms with Crippen molar-refractivity contribution in [3.8, 4) is 11.1 Å². The highest BCUT2D eigenvalue weighted by Gasteiger charge is 2.30. The van der Waals surface area contributed by atoms with Crippen LogP contribution in [0.4, 0.5) is 42.0 Å². The molecule has 0 radical (unpaired) electrons. The van der Waals surface area contributed by atoms with Gasteiger partial charge < -0.3 is 16.0 Å². The molecule has 0 fully saturated rings. The SMILES string of the molecule is C=CC(=O)Nc1cc(Br)cc(Nc2nc(Nc3cnn(C)c3)ncc2-c2ccc(C(F)(F)F)cc2)c1. The van der Waals surface area contributed by atoms with Gasteiger partial charge in [0.15, 0.2) is 0 Å². The summed E-state index contributed by atoms with van der Waals surface area (Å²) in [4.78, 5) is 20.6. The highest BCUT2D eigenvalue weighted by molar-refractivity contribution is 9.10. The number of carbonyl (C=O) groups excluding carboxylic acids is 1. The molecule has 4 aromatic rings. The van der Waals surface area contributed by atoms with Crippen molar-refractivity contribution in [2.75, 3.05) is 16.0 Å². The zero-order valence-electron chi connectivity index (χ0n) is 18.8. The van der Waals surface area contributed by atoms with Gasteiger partial charge in [-0.15, -0.1) is 0 Å². The maximum atomic E-state index is 13.0. The maximum Gasteiger partial charge on any atom is 0.416 e. The fourth-order valence-corrected chi connectivity index (χ4v) is 3.76. The normalized spacial score (nSPS) is 11.1. The number of benzene rings is 2. The smallest absolute Gasteiger partial charge is 0.339 e. The Bertz CT molecular complexity index is 1420. The predicted octanol–water partition coefficient (Wildman–Crippen LogP) is 6.27. The second-order valence-electron chi connectivity index (χ2n) is 7.61. The minimum absolute atomic E-state index is 0.247. The Morgan fingerprint density at radius 2 is 1.78 bits per heavy atom. The van der Waals surface area contributed by atoms with Crippen LogP contribution in [0.15, 0.2) is 78.2 Å². The van der Waals surface area contributed by atoms with E-state index in [0.717, 1.165) is 18.2 Å². The standard InChI is InChI=1S/C24H19BrF3N7O/c1-3-21(36)31-17-8-16(25)9-18(10-17)32-22-20(14-4-6-15(7-5-14)24(26,27)28)12-29-23(34-22)33-19-11-30-35(2)13-19/h3-13H,1H2,2H3,(H,31,36)(H2,29,32,33,34). The molecular formula is C24H19BrF3N7O. The van der Waals surface area contributed by atoms with Crippen LogP contribution in [-0.2, 0) is 18.0 Å². The largest absolute Gasteiger partial charge is 0.416 e. The van der Waals surface area contributed by atoms with E-state index in [1.54, 1.807) is 42.3 Å². The van der Waals surface area contributed by atoms with Gasteiger partial charge in [-0.2, -0.15) is 23.3 Å². The molecule has 184 valence electrons. The van der Waals surface area contributed by atoms with Crippen molar-refractivity contribution >= 4 is 50.7 Å². The van der Waals surface area contributed by atoms with Crippen LogP contribution < -0.4 is 16.0 Å². The van der Waals surface area contributed by atoms with Crippen LogP contribution in [0.1, 0.15) is 5.56 Å². The highest BCUT2D eigenvalue weighted by Crippen LogP contribution is 2.34. The van der Waals surface area contributed by atoms with E-state index in [-0.39, 0.29) is 11.9 Å². The zero-order valence-corrected chi connectivity index (χ0v) is 20.4. The summed E-state index contributed by atoms with van der Waals surface area (Å²) in [6, 6.07) is 9.87. The fourth-order valence-electron chi connectivity index (χ4n) is 3.27. The Morgan fingerprint density at radius 3 is 2.42 bits per heavy atom. The topological polar surface area (TPSA) is 96.8 Å². The Hall–Kier alpha value is -4.19. The van der Waals surface area contributed by atoms with Crippen molar-refractivity contribution in [1.82, 2.24) is 19.7 Å². The van der Waals surface area contributed by atoms with Crippen LogP contribution in [-0.4, -0.2) is 25.7 Å². The van der Waals surface area contributed by atoms with Crippen molar-refractivity contribution < 1.29 is 18.0 Å². The summed E-state index contributed by atoms with van der Waals surface area (Å²) in [5.41, 5.74) is 1.90. The van der Waals surface area contributed by atoms with Crippen LogP contribution in [0, 0.1) is 0 Å². The van der Waals surface area contributed by atoms with Gasteiger partial charge in [-0.1, -0.05) is 34.6 Å². The van der Waals surface area contributed by atoms with Gasteiger partial charge in [0.05, 0.1) is 17.4 Å². The van der Waals surface area contributed by atoms with Crippen molar-refractivity contribution in [3.05, 3.63) is 83.7 Å². The predicted molar refractivity (Wildman–Crippen MR) is 135 cm³/mol. The third-order valence-electron chi connectivity index (χ3n) is 4.89. The molecule has 2 aromatic heterocycles. The van der Waals surface area contributed by atoms with Gasteiger partial charge in [0, 0.05) is 40.9 Å². The highest BCUT2D eigenvalue weighted by atomic mass is 79.9. The Labute approximate surface area is 212 Å². The number of rotatable bonds is 7. The molecule has 8 nitrogen and oxygen atoms in total. The molecule has 0 bridgehead atoms. The lowest BCUT2D eigenvalue weighted by Crippen LogP contribution is -2.08. The number of anilines is 5. The second-order valence-corrected chi connectivity index (χ2v) is 8.52. The summed E-state index contributed by atoms with van der Waals surface area (Å²) in [5, 5.41) is 13.0. The van der Waals surface area contributed by atoms with Gasteiger partial charge >= 0.3 is 6.18 Å². The van der Waals surface area contributed by atoms with Gasteiger partial charge in [0.2, 0.25) is 11.9 Å². The quantitative estimate of drug-likeness (QED) is 0.232. The zero-order chi connectivity index (χ0) is 25.9. The summed E-state index contributed by atoms with van der Waals surface area (Å²) in [6.07, 6.45) is 1.55. The van der Waals surface area contributed by atoms with E-state index < -0.39 is 11.7 Å². The van der Waals surface area contributed by atoms with E-state index in [0.29, 0.717) is 38.5 Å². The number of aromatic nitrogens is 4. The molecular weight excluding hydrogens is 539 g/mol. The minimum Gasteiger partial charge on any atom is -0.339 e. The number of carbonyl (C=O) groups is 1. The summed E-state index contributed by atoms with van der Waals surface area (Å²) < 4.78 is 41.4. The van der Waals surface area contributed by atoms with Crippen molar-refractivity contribution in [1.29, 1.82) is 0 Å². The van der Waals surface area contributed by atoms with E-state index in [2.05, 4.69) is 53.5 Å². The number of amides is 1. The molecule has 0 aliphatic carbocycles. The van der Waals surface area contributed by atoms with Gasteiger partial charge in [-0.25, -0.2) is 4.98 Å². The molecule has 0 aliphatic rings. The van der Waals surface area contributed by atoms with Gasteiger partial charge in [0.1, 0.15) is 5.82 Å². The number of aryl methyl sites for hydroxylation is 1. The van der Waals surface area contributed by atoms with Crippen LogP contribution in [0.25, 0.3) is 11.1 Å². The van der Waals surface area contributed by atoms with Crippen LogP contribution in [0.5, 0.6) is 0 Å². The van der Waals surface area contributed by atoms with Gasteiger partial charge in [-0.3, -0.25) is 9.48 Å². The number of nitrogens with one attached hydrogen (secondary N) is 3. The first-order valence-corrected chi connectivity index (χ1v) is 11.2. The molecule has 0 aliphatic heterocycles. The number of halogens is 4. The summed E-state index contributed by atoms with van der Waals surface area (Å²) in [6.45, 7) is 3.44. The number of alkyl halides is 3. The van der Waals surface area contributed by atoms with Gasteiger partial charge in [-0.05, 0) is 42.0 Å². The number of hydrogen-bond acceptors (Lipinski definition) is 6. The molecule has 12 heteroatoms. The third kappa shape index (κ3) is 6.08. The summed E-state index contributed by atoms with van der Waals surface area (Å²) in [7, 11) is 1.77. The molecule has 0 spiro atoms. The molecule has 2 heterocycles. The van der Waals surface area contributed by atoms with Crippen molar-refractivity contribution in [3.63, 3.8) is 0 Å². The van der Waals surface area contributed by atoms with E-state index in [1.807, 2.05) is 0 Å². The summed E-state index contributed by atoms with van der Waals surface area (Å²) in [5.74, 6) is 0.195. The summed E-state index contributed by atoms with van der Waals surface area (Å²) >= 11 is 3.41. The number of hydrogen-bond donors (Lipinski definition) is 3. The minimum atomic E-state index is -4.45. The fraction of sp³-hybridized carbons (Fsp3) is 0.0833. The van der Waals surface area contributed by atoms with Crippen LogP contribution in [0.2, 0.25) is 0 Å². The first-order valence-electron chi connectivity index (χ1n) is 10.4. The lowest BCUT2D eigenvalue weighted by molar-refractivity contribution is -0.137. The third-order valence-corrected chi connectivity index (χ3v) is 5.34. The molecule has 2 aromatic carbocycles. The average Bonchev–Trinajstić information content (AvgIpc) is 3.22. The molecule has 0 saturated heterocycles. The second kappa shape index (κ2) is 10.2. The van der Waals surface area contributed by atoms with E-state index in [9.17, 15) is 18.0 Å². The first-order chi connectivity index (χ1) is 17.1. The molecule has 0 saturated carbocycles. The van der Waals surface area contributed by atoms with Crippen LogP contribution >= 0.6 is 15.9 Å². The van der Waals surface area contributed by atoms with Gasteiger partial charge in [0.25, 0.3) is 0 Å². The molecule has 36 heavy (non-hydrogen) atoms. The van der Waals surface area contributed by atoms with E-state index in [4.69, 9.17) is 0 Å². The Kier molecular flexibility index (Phi) is 7.06. The Morgan fingerprint density at radius 1 is 1.06 bits per heavy atom. The lowest BCUT2D eigenvalue weighted by atomic mass is 10.1.